The normalized spacial score (nSPS) is 17.7. The summed E-state index contributed by atoms with van der Waals surface area (Å²) in [4.78, 5) is 14.6. The minimum absolute atomic E-state index is 0.00268. The lowest BCUT2D eigenvalue weighted by Gasteiger charge is -2.13. The molecule has 0 aromatic carbocycles. The summed E-state index contributed by atoms with van der Waals surface area (Å²) >= 11 is 6.62. The van der Waals surface area contributed by atoms with Gasteiger partial charge in [-0.3, -0.25) is 9.69 Å². The van der Waals surface area contributed by atoms with Crippen LogP contribution in [0.4, 0.5) is 0 Å². The van der Waals surface area contributed by atoms with E-state index < -0.39 is 0 Å². The highest BCUT2D eigenvalue weighted by Crippen LogP contribution is 2.32. The maximum absolute atomic E-state index is 12.2. The molecule has 0 atom stereocenters. The van der Waals surface area contributed by atoms with Crippen LogP contribution in [0.3, 0.4) is 0 Å². The largest absolute Gasteiger partial charge is 0.465 e. The molecule has 102 valence electrons. The highest BCUT2D eigenvalue weighted by molar-refractivity contribution is 8.26. The first-order valence-electron chi connectivity index (χ1n) is 6.51. The van der Waals surface area contributed by atoms with E-state index in [2.05, 4.69) is 6.92 Å². The molecule has 0 unspecified atom stereocenters. The number of thioether (sulfide) groups is 1. The molecule has 19 heavy (non-hydrogen) atoms. The first-order valence-corrected chi connectivity index (χ1v) is 7.73. The van der Waals surface area contributed by atoms with Gasteiger partial charge in [0, 0.05) is 12.6 Å². The second-order valence-electron chi connectivity index (χ2n) is 4.41. The van der Waals surface area contributed by atoms with Gasteiger partial charge in [-0.05, 0) is 18.6 Å². The Hall–Kier alpha value is -1.07. The molecule has 1 aliphatic rings. The van der Waals surface area contributed by atoms with E-state index in [1.54, 1.807) is 23.3 Å². The Bertz CT molecular complexity index is 480. The van der Waals surface area contributed by atoms with Gasteiger partial charge in [-0.1, -0.05) is 50.2 Å². The van der Waals surface area contributed by atoms with Crippen molar-refractivity contribution >= 4 is 40.3 Å². The van der Waals surface area contributed by atoms with Crippen LogP contribution in [0.25, 0.3) is 6.08 Å². The molecule has 3 nitrogen and oxygen atoms in total. The number of carbonyl (C=O) groups is 1. The molecular weight excluding hydrogens is 278 g/mol. The Morgan fingerprint density at radius 1 is 1.42 bits per heavy atom. The molecule has 0 N–H and O–H groups in total. The topological polar surface area (TPSA) is 33.5 Å². The molecule has 1 fully saturated rings. The molecule has 2 rings (SSSR count). The molecule has 0 spiro atoms. The van der Waals surface area contributed by atoms with Gasteiger partial charge >= 0.3 is 0 Å². The summed E-state index contributed by atoms with van der Waals surface area (Å²) in [6, 6.07) is 3.63. The molecule has 1 amide bonds. The quantitative estimate of drug-likeness (QED) is 0.450. The van der Waals surface area contributed by atoms with Gasteiger partial charge in [0.25, 0.3) is 5.91 Å². The Kier molecular flexibility index (Phi) is 5.22. The SMILES string of the molecule is CCCCCCN1C(=O)/C(=C/c2ccco2)SC1=S. The zero-order valence-corrected chi connectivity index (χ0v) is 12.6. The van der Waals surface area contributed by atoms with Crippen LogP contribution in [-0.2, 0) is 4.79 Å². The smallest absolute Gasteiger partial charge is 0.266 e. The van der Waals surface area contributed by atoms with E-state index in [0.29, 0.717) is 15.0 Å². The van der Waals surface area contributed by atoms with Gasteiger partial charge in [-0.15, -0.1) is 0 Å². The summed E-state index contributed by atoms with van der Waals surface area (Å²) < 4.78 is 5.88. The maximum atomic E-state index is 12.2. The first-order chi connectivity index (χ1) is 9.22. The lowest BCUT2D eigenvalue weighted by atomic mass is 10.2. The Balaban J connectivity index is 1.96. The number of hydrogen-bond donors (Lipinski definition) is 0. The summed E-state index contributed by atoms with van der Waals surface area (Å²) in [5, 5.41) is 0. The van der Waals surface area contributed by atoms with E-state index in [-0.39, 0.29) is 5.91 Å². The van der Waals surface area contributed by atoms with Crippen molar-refractivity contribution in [2.24, 2.45) is 0 Å². The van der Waals surface area contributed by atoms with E-state index in [4.69, 9.17) is 16.6 Å². The summed E-state index contributed by atoms with van der Waals surface area (Å²) in [6.07, 6.45) is 7.90. The van der Waals surface area contributed by atoms with Gasteiger partial charge in [-0.2, -0.15) is 0 Å². The average Bonchev–Trinajstić information content (AvgIpc) is 2.98. The minimum Gasteiger partial charge on any atom is -0.465 e. The second kappa shape index (κ2) is 6.91. The van der Waals surface area contributed by atoms with Gasteiger partial charge in [-0.25, -0.2) is 0 Å². The third-order valence-corrected chi connectivity index (χ3v) is 4.30. The number of furan rings is 1. The zero-order valence-electron chi connectivity index (χ0n) is 10.9. The van der Waals surface area contributed by atoms with Crippen LogP contribution in [-0.4, -0.2) is 21.7 Å². The number of amides is 1. The maximum Gasteiger partial charge on any atom is 0.266 e. The van der Waals surface area contributed by atoms with Crippen molar-refractivity contribution in [3.05, 3.63) is 29.1 Å². The number of rotatable bonds is 6. The first kappa shape index (κ1) is 14.3. The molecule has 1 aromatic rings. The van der Waals surface area contributed by atoms with Crippen LogP contribution < -0.4 is 0 Å². The van der Waals surface area contributed by atoms with E-state index >= 15 is 0 Å². The highest BCUT2D eigenvalue weighted by Gasteiger charge is 2.31. The van der Waals surface area contributed by atoms with Gasteiger partial charge in [0.15, 0.2) is 0 Å². The molecule has 0 saturated carbocycles. The number of hydrogen-bond acceptors (Lipinski definition) is 4. The molecule has 0 bridgehead atoms. The predicted molar refractivity (Wildman–Crippen MR) is 82.7 cm³/mol. The van der Waals surface area contributed by atoms with E-state index in [1.165, 1.54) is 24.6 Å². The van der Waals surface area contributed by atoms with Gasteiger partial charge in [0.2, 0.25) is 0 Å². The average molecular weight is 295 g/mol. The van der Waals surface area contributed by atoms with Crippen molar-refractivity contribution in [2.75, 3.05) is 6.54 Å². The molecule has 1 saturated heterocycles. The summed E-state index contributed by atoms with van der Waals surface area (Å²) in [7, 11) is 0. The van der Waals surface area contributed by atoms with Crippen LogP contribution >= 0.6 is 24.0 Å². The fraction of sp³-hybridized carbons (Fsp3) is 0.429. The number of carbonyl (C=O) groups excluding carboxylic acids is 1. The fourth-order valence-electron chi connectivity index (χ4n) is 1.89. The Morgan fingerprint density at radius 3 is 2.95 bits per heavy atom. The van der Waals surface area contributed by atoms with Crippen LogP contribution in [0.2, 0.25) is 0 Å². The molecule has 1 aromatic heterocycles. The van der Waals surface area contributed by atoms with E-state index in [0.717, 1.165) is 19.4 Å². The van der Waals surface area contributed by atoms with Crippen molar-refractivity contribution in [3.63, 3.8) is 0 Å². The summed E-state index contributed by atoms with van der Waals surface area (Å²) in [5.41, 5.74) is 0. The Labute approximate surface area is 123 Å². The van der Waals surface area contributed by atoms with Gasteiger partial charge in [0.1, 0.15) is 10.1 Å². The van der Waals surface area contributed by atoms with Crippen molar-refractivity contribution < 1.29 is 9.21 Å². The number of nitrogens with zero attached hydrogens (tertiary/aromatic N) is 1. The van der Waals surface area contributed by atoms with Crippen LogP contribution in [0.5, 0.6) is 0 Å². The third kappa shape index (κ3) is 3.70. The van der Waals surface area contributed by atoms with Gasteiger partial charge in [0.05, 0.1) is 11.2 Å². The van der Waals surface area contributed by atoms with Crippen molar-refractivity contribution in [1.29, 1.82) is 0 Å². The monoisotopic (exact) mass is 295 g/mol. The van der Waals surface area contributed by atoms with Crippen molar-refractivity contribution in [3.8, 4) is 0 Å². The minimum atomic E-state index is 0.00268. The summed E-state index contributed by atoms with van der Waals surface area (Å²) in [5.74, 6) is 0.689. The molecule has 5 heteroatoms. The number of thiocarbonyl (C=S) groups is 1. The van der Waals surface area contributed by atoms with Crippen LogP contribution in [0.1, 0.15) is 38.4 Å². The fourth-order valence-corrected chi connectivity index (χ4v) is 3.18. The highest BCUT2D eigenvalue weighted by atomic mass is 32.2. The lowest BCUT2D eigenvalue weighted by molar-refractivity contribution is -0.122. The summed E-state index contributed by atoms with van der Waals surface area (Å²) in [6.45, 7) is 2.89. The second-order valence-corrected chi connectivity index (χ2v) is 6.09. The van der Waals surface area contributed by atoms with Crippen LogP contribution in [0, 0.1) is 0 Å². The molecule has 2 heterocycles. The van der Waals surface area contributed by atoms with E-state index in [1.807, 2.05) is 6.07 Å². The predicted octanol–water partition coefficient (Wildman–Crippen LogP) is 4.06. The standard InChI is InChI=1S/C14H17NO2S2/c1-2-3-4-5-8-15-13(16)12(19-14(15)18)10-11-7-6-9-17-11/h6-7,9-10H,2-5,8H2,1H3/b12-10-. The van der Waals surface area contributed by atoms with E-state index in [9.17, 15) is 4.79 Å². The molecule has 1 aliphatic heterocycles. The lowest BCUT2D eigenvalue weighted by Crippen LogP contribution is -2.28. The molecule has 0 aliphatic carbocycles. The Morgan fingerprint density at radius 2 is 2.26 bits per heavy atom. The third-order valence-electron chi connectivity index (χ3n) is 2.93. The number of unbranched alkanes of at least 4 members (excludes halogenated alkanes) is 3. The van der Waals surface area contributed by atoms with Gasteiger partial charge < -0.3 is 4.42 Å². The van der Waals surface area contributed by atoms with Crippen molar-refractivity contribution in [1.82, 2.24) is 4.90 Å². The molecule has 0 radical (unpaired) electrons. The van der Waals surface area contributed by atoms with Crippen LogP contribution in [0.15, 0.2) is 27.7 Å². The zero-order chi connectivity index (χ0) is 13.7. The van der Waals surface area contributed by atoms with Crippen molar-refractivity contribution in [2.45, 2.75) is 32.6 Å². The molecular formula is C14H17NO2S2.